The van der Waals surface area contributed by atoms with Gasteiger partial charge in [0.25, 0.3) is 0 Å². The second-order valence-electron chi connectivity index (χ2n) is 3.87. The lowest BCUT2D eigenvalue weighted by atomic mass is 10.1. The first-order chi connectivity index (χ1) is 8.28. The highest BCUT2D eigenvalue weighted by atomic mass is 35.5. The van der Waals surface area contributed by atoms with E-state index in [4.69, 9.17) is 22.1 Å². The molecular formula is C13H11ClN2O. The topological polar surface area (TPSA) is 47.3 Å². The summed E-state index contributed by atoms with van der Waals surface area (Å²) in [4.78, 5) is 0. The Balaban J connectivity index is 2.08. The van der Waals surface area contributed by atoms with Gasteiger partial charge in [-0.1, -0.05) is 23.7 Å². The minimum Gasteiger partial charge on any atom is -0.453 e. The summed E-state index contributed by atoms with van der Waals surface area (Å²) in [5.41, 5.74) is 8.36. The van der Waals surface area contributed by atoms with Crippen molar-refractivity contribution in [1.29, 1.82) is 0 Å². The molecule has 0 bridgehead atoms. The highest BCUT2D eigenvalue weighted by Gasteiger charge is 2.18. The molecular weight excluding hydrogens is 236 g/mol. The molecule has 2 aromatic carbocycles. The molecule has 3 nitrogen and oxygen atoms in total. The number of halogens is 1. The normalized spacial score (nSPS) is 12.1. The van der Waals surface area contributed by atoms with E-state index in [0.717, 1.165) is 28.4 Å². The molecule has 0 atom stereocenters. The van der Waals surface area contributed by atoms with Crippen molar-refractivity contribution in [3.05, 3.63) is 47.0 Å². The third kappa shape index (κ3) is 1.73. The third-order valence-corrected chi connectivity index (χ3v) is 3.05. The van der Waals surface area contributed by atoms with Crippen LogP contribution in [0.4, 0.5) is 11.4 Å². The van der Waals surface area contributed by atoms with Gasteiger partial charge < -0.3 is 15.8 Å². The average Bonchev–Trinajstić information content (AvgIpc) is 2.36. The fraction of sp³-hybridized carbons (Fsp3) is 0.0769. The van der Waals surface area contributed by atoms with E-state index >= 15 is 0 Å². The van der Waals surface area contributed by atoms with Crippen LogP contribution in [0.5, 0.6) is 11.5 Å². The lowest BCUT2D eigenvalue weighted by molar-refractivity contribution is 0.480. The molecule has 1 aliphatic heterocycles. The smallest absolute Gasteiger partial charge is 0.152 e. The minimum absolute atomic E-state index is 0.499. The number of rotatable bonds is 1. The molecule has 0 spiro atoms. The Morgan fingerprint density at radius 2 is 2.06 bits per heavy atom. The number of fused-ring (bicyclic) bond motifs is 2. The zero-order valence-electron chi connectivity index (χ0n) is 9.03. The second kappa shape index (κ2) is 3.95. The van der Waals surface area contributed by atoms with Gasteiger partial charge in [0.05, 0.1) is 10.7 Å². The molecule has 0 aliphatic carbocycles. The van der Waals surface area contributed by atoms with Gasteiger partial charge in [0.1, 0.15) is 5.69 Å². The highest BCUT2D eigenvalue weighted by Crippen LogP contribution is 2.45. The van der Waals surface area contributed by atoms with Crippen molar-refractivity contribution in [3.8, 4) is 11.5 Å². The first-order valence-corrected chi connectivity index (χ1v) is 5.72. The monoisotopic (exact) mass is 246 g/mol. The molecule has 0 radical (unpaired) electrons. The molecule has 86 valence electrons. The van der Waals surface area contributed by atoms with Gasteiger partial charge in [-0.05, 0) is 29.8 Å². The third-order valence-electron chi connectivity index (χ3n) is 2.74. The van der Waals surface area contributed by atoms with Crippen LogP contribution in [0.1, 0.15) is 5.56 Å². The lowest BCUT2D eigenvalue weighted by Gasteiger charge is -2.22. The number of nitrogens with two attached hydrogens (primary N) is 1. The molecule has 0 unspecified atom stereocenters. The summed E-state index contributed by atoms with van der Waals surface area (Å²) in [7, 11) is 0. The van der Waals surface area contributed by atoms with Crippen molar-refractivity contribution in [2.24, 2.45) is 5.73 Å². The Labute approximate surface area is 104 Å². The van der Waals surface area contributed by atoms with E-state index in [1.54, 1.807) is 0 Å². The Bertz CT molecular complexity index is 584. The minimum atomic E-state index is 0.499. The van der Waals surface area contributed by atoms with E-state index in [-0.39, 0.29) is 0 Å². The number of ether oxygens (including phenoxy) is 1. The van der Waals surface area contributed by atoms with Gasteiger partial charge in [-0.15, -0.1) is 0 Å². The zero-order chi connectivity index (χ0) is 11.8. The number of hydrogen-bond acceptors (Lipinski definition) is 3. The SMILES string of the molecule is NCc1ccc2c(c1)Oc1cccc(Cl)c1N2. The van der Waals surface area contributed by atoms with Gasteiger partial charge in [-0.25, -0.2) is 0 Å². The van der Waals surface area contributed by atoms with Crippen LogP contribution in [-0.2, 0) is 6.54 Å². The summed E-state index contributed by atoms with van der Waals surface area (Å²) >= 11 is 6.10. The van der Waals surface area contributed by atoms with Crippen LogP contribution in [0.2, 0.25) is 5.02 Å². The predicted octanol–water partition coefficient (Wildman–Crippen LogP) is 3.65. The van der Waals surface area contributed by atoms with Gasteiger partial charge in [0, 0.05) is 6.54 Å². The van der Waals surface area contributed by atoms with Crippen molar-refractivity contribution in [2.75, 3.05) is 5.32 Å². The fourth-order valence-electron chi connectivity index (χ4n) is 1.85. The van der Waals surface area contributed by atoms with Crippen LogP contribution < -0.4 is 15.8 Å². The van der Waals surface area contributed by atoms with Gasteiger partial charge in [-0.2, -0.15) is 0 Å². The second-order valence-corrected chi connectivity index (χ2v) is 4.28. The van der Waals surface area contributed by atoms with Crippen LogP contribution in [0.25, 0.3) is 0 Å². The lowest BCUT2D eigenvalue weighted by Crippen LogP contribution is -2.05. The fourth-order valence-corrected chi connectivity index (χ4v) is 2.06. The van der Waals surface area contributed by atoms with Crippen molar-refractivity contribution in [1.82, 2.24) is 0 Å². The van der Waals surface area contributed by atoms with Gasteiger partial charge in [0.15, 0.2) is 11.5 Å². The van der Waals surface area contributed by atoms with Crippen LogP contribution in [0, 0.1) is 0 Å². The van der Waals surface area contributed by atoms with Crippen molar-refractivity contribution >= 4 is 23.0 Å². The van der Waals surface area contributed by atoms with E-state index in [1.807, 2.05) is 36.4 Å². The largest absolute Gasteiger partial charge is 0.453 e. The first kappa shape index (κ1) is 10.4. The number of para-hydroxylation sites is 1. The van der Waals surface area contributed by atoms with E-state index < -0.39 is 0 Å². The zero-order valence-corrected chi connectivity index (χ0v) is 9.79. The van der Waals surface area contributed by atoms with E-state index in [2.05, 4.69) is 5.32 Å². The van der Waals surface area contributed by atoms with Crippen LogP contribution >= 0.6 is 11.6 Å². The molecule has 0 amide bonds. The van der Waals surface area contributed by atoms with Gasteiger partial charge in [-0.3, -0.25) is 0 Å². The number of benzene rings is 2. The molecule has 0 aromatic heterocycles. The maximum atomic E-state index is 6.10. The summed E-state index contributed by atoms with van der Waals surface area (Å²) in [5.74, 6) is 1.52. The Hall–Kier alpha value is -1.71. The number of hydrogen-bond donors (Lipinski definition) is 2. The molecule has 2 aromatic rings. The average molecular weight is 247 g/mol. The Kier molecular flexibility index (Phi) is 2.42. The summed E-state index contributed by atoms with van der Waals surface area (Å²) in [6, 6.07) is 11.4. The molecule has 4 heteroatoms. The van der Waals surface area contributed by atoms with Crippen molar-refractivity contribution < 1.29 is 4.74 Å². The molecule has 1 heterocycles. The van der Waals surface area contributed by atoms with Crippen LogP contribution in [-0.4, -0.2) is 0 Å². The maximum absolute atomic E-state index is 6.10. The van der Waals surface area contributed by atoms with E-state index in [0.29, 0.717) is 11.6 Å². The first-order valence-electron chi connectivity index (χ1n) is 5.34. The summed E-state index contributed by atoms with van der Waals surface area (Å²) in [5, 5.41) is 3.91. The van der Waals surface area contributed by atoms with E-state index in [9.17, 15) is 0 Å². The maximum Gasteiger partial charge on any atom is 0.152 e. The standard InChI is InChI=1S/C13H11ClN2O/c14-9-2-1-3-11-13(9)16-10-5-4-8(7-15)6-12(10)17-11/h1-6,16H,7,15H2. The predicted molar refractivity (Wildman–Crippen MR) is 69.1 cm³/mol. The Morgan fingerprint density at radius 1 is 1.18 bits per heavy atom. The summed E-state index contributed by atoms with van der Waals surface area (Å²) < 4.78 is 5.80. The molecule has 1 aliphatic rings. The molecule has 17 heavy (non-hydrogen) atoms. The Morgan fingerprint density at radius 3 is 2.88 bits per heavy atom. The number of anilines is 2. The van der Waals surface area contributed by atoms with Gasteiger partial charge in [0.2, 0.25) is 0 Å². The quantitative estimate of drug-likeness (QED) is 0.689. The number of nitrogens with one attached hydrogen (secondary N) is 1. The highest BCUT2D eigenvalue weighted by molar-refractivity contribution is 6.33. The summed E-state index contributed by atoms with van der Waals surface area (Å²) in [6.45, 7) is 0.499. The molecule has 3 N–H and O–H groups in total. The molecule has 0 saturated heterocycles. The van der Waals surface area contributed by atoms with Crippen LogP contribution in [0.15, 0.2) is 36.4 Å². The van der Waals surface area contributed by atoms with Gasteiger partial charge >= 0.3 is 0 Å². The molecule has 0 saturated carbocycles. The van der Waals surface area contributed by atoms with Crippen LogP contribution in [0.3, 0.4) is 0 Å². The molecule has 0 fully saturated rings. The molecule has 3 rings (SSSR count). The van der Waals surface area contributed by atoms with Crippen molar-refractivity contribution in [3.63, 3.8) is 0 Å². The summed E-state index contributed by atoms with van der Waals surface area (Å²) in [6.07, 6.45) is 0. The van der Waals surface area contributed by atoms with E-state index in [1.165, 1.54) is 0 Å². The van der Waals surface area contributed by atoms with Crippen molar-refractivity contribution in [2.45, 2.75) is 6.54 Å².